The van der Waals surface area contributed by atoms with Gasteiger partial charge in [0.25, 0.3) is 0 Å². The number of nitrogens with zero attached hydrogens (tertiary/aromatic N) is 2. The van der Waals surface area contributed by atoms with Crippen molar-refractivity contribution in [1.29, 1.82) is 0 Å². The molecule has 1 N–H and O–H groups in total. The van der Waals surface area contributed by atoms with E-state index in [1.807, 2.05) is 25.1 Å². The van der Waals surface area contributed by atoms with Gasteiger partial charge in [-0.05, 0) is 42.3 Å². The number of aromatic nitrogens is 2. The second-order valence-corrected chi connectivity index (χ2v) is 5.48. The summed E-state index contributed by atoms with van der Waals surface area (Å²) in [5, 5.41) is 0.930. The number of H-pyrrole nitrogens is 1. The highest BCUT2D eigenvalue weighted by Crippen LogP contribution is 2.21. The zero-order chi connectivity index (χ0) is 17.1. The number of esters is 1. The number of ether oxygens (including phenoxy) is 1. The Bertz CT molecular complexity index is 901. The molecule has 2 aromatic heterocycles. The molecular weight excluding hydrogens is 306 g/mol. The van der Waals surface area contributed by atoms with Crippen LogP contribution in [0.25, 0.3) is 11.0 Å². The van der Waals surface area contributed by atoms with Crippen LogP contribution in [-0.2, 0) is 16.1 Å². The van der Waals surface area contributed by atoms with Gasteiger partial charge < -0.3 is 14.6 Å². The molecule has 0 fully saturated rings. The highest BCUT2D eigenvalue weighted by molar-refractivity contribution is 5.90. The number of hydrogen-bond donors (Lipinski definition) is 1. The van der Waals surface area contributed by atoms with Gasteiger partial charge in [-0.3, -0.25) is 4.79 Å². The van der Waals surface area contributed by atoms with Gasteiger partial charge >= 0.3 is 5.97 Å². The molecule has 0 bridgehead atoms. The van der Waals surface area contributed by atoms with Crippen LogP contribution >= 0.6 is 0 Å². The number of carbonyl (C=O) groups is 2. The van der Waals surface area contributed by atoms with Crippen molar-refractivity contribution >= 4 is 29.1 Å². The summed E-state index contributed by atoms with van der Waals surface area (Å²) < 4.78 is 4.75. The molecule has 0 saturated heterocycles. The van der Waals surface area contributed by atoms with Crippen molar-refractivity contribution in [3.05, 3.63) is 59.4 Å². The van der Waals surface area contributed by atoms with Crippen LogP contribution < -0.4 is 4.90 Å². The molecule has 6 heteroatoms. The average Bonchev–Trinajstić information content (AvgIpc) is 3.08. The summed E-state index contributed by atoms with van der Waals surface area (Å²) in [6, 6.07) is 9.10. The third-order valence-corrected chi connectivity index (χ3v) is 3.96. The number of pyridine rings is 1. The molecule has 6 nitrogen and oxygen atoms in total. The van der Waals surface area contributed by atoms with Crippen LogP contribution in [0.2, 0.25) is 0 Å². The Balaban J connectivity index is 1.92. The molecule has 0 aliphatic carbocycles. The predicted octanol–water partition coefficient (Wildman–Crippen LogP) is 2.82. The molecule has 0 radical (unpaired) electrons. The number of benzene rings is 1. The first-order valence-electron chi connectivity index (χ1n) is 7.45. The second kappa shape index (κ2) is 6.54. The van der Waals surface area contributed by atoms with Crippen LogP contribution in [0.4, 0.5) is 5.69 Å². The van der Waals surface area contributed by atoms with Gasteiger partial charge in [0.15, 0.2) is 0 Å². The van der Waals surface area contributed by atoms with Crippen molar-refractivity contribution < 1.29 is 14.3 Å². The van der Waals surface area contributed by atoms with Crippen LogP contribution in [0.15, 0.2) is 42.7 Å². The number of rotatable bonds is 5. The lowest BCUT2D eigenvalue weighted by atomic mass is 10.0. The Morgan fingerprint density at radius 1 is 1.33 bits per heavy atom. The fraction of sp³-hybridized carbons (Fsp3) is 0.167. The van der Waals surface area contributed by atoms with Gasteiger partial charge in [0, 0.05) is 11.6 Å². The Labute approximate surface area is 139 Å². The topological polar surface area (TPSA) is 75.3 Å². The molecule has 0 spiro atoms. The smallest absolute Gasteiger partial charge is 0.337 e. The minimum absolute atomic E-state index is 0.345. The van der Waals surface area contributed by atoms with Gasteiger partial charge in [-0.25, -0.2) is 9.78 Å². The van der Waals surface area contributed by atoms with Crippen molar-refractivity contribution in [3.63, 3.8) is 0 Å². The zero-order valence-corrected chi connectivity index (χ0v) is 13.4. The lowest BCUT2D eigenvalue weighted by molar-refractivity contribution is -0.107. The number of fused-ring (bicyclic) bond motifs is 1. The van der Waals surface area contributed by atoms with E-state index in [9.17, 15) is 9.59 Å². The van der Waals surface area contributed by atoms with Crippen LogP contribution in [-0.4, -0.2) is 29.5 Å². The summed E-state index contributed by atoms with van der Waals surface area (Å²) in [5.41, 5.74) is 3.79. The Morgan fingerprint density at radius 3 is 2.92 bits per heavy atom. The summed E-state index contributed by atoms with van der Waals surface area (Å²) >= 11 is 0. The first kappa shape index (κ1) is 15.7. The normalized spacial score (nSPS) is 10.6. The fourth-order valence-corrected chi connectivity index (χ4v) is 2.54. The van der Waals surface area contributed by atoms with Crippen molar-refractivity contribution in [1.82, 2.24) is 9.97 Å². The van der Waals surface area contributed by atoms with Crippen LogP contribution in [0.1, 0.15) is 21.5 Å². The van der Waals surface area contributed by atoms with Crippen molar-refractivity contribution in [2.24, 2.45) is 0 Å². The minimum Gasteiger partial charge on any atom is -0.465 e. The summed E-state index contributed by atoms with van der Waals surface area (Å²) in [4.78, 5) is 32.2. The third-order valence-electron chi connectivity index (χ3n) is 3.96. The first-order chi connectivity index (χ1) is 11.6. The molecule has 0 aliphatic heterocycles. The van der Waals surface area contributed by atoms with Gasteiger partial charge in [0.2, 0.25) is 6.41 Å². The van der Waals surface area contributed by atoms with E-state index >= 15 is 0 Å². The number of hydrogen-bond acceptors (Lipinski definition) is 4. The molecule has 0 unspecified atom stereocenters. The molecule has 122 valence electrons. The van der Waals surface area contributed by atoms with E-state index < -0.39 is 5.97 Å². The Morgan fingerprint density at radius 2 is 2.17 bits per heavy atom. The van der Waals surface area contributed by atoms with E-state index in [-0.39, 0.29) is 0 Å². The van der Waals surface area contributed by atoms with Gasteiger partial charge in [-0.1, -0.05) is 6.07 Å². The molecule has 0 atom stereocenters. The number of aryl methyl sites for hydroxylation is 1. The summed E-state index contributed by atoms with van der Waals surface area (Å²) in [6.45, 7) is 2.28. The van der Waals surface area contributed by atoms with Crippen molar-refractivity contribution in [2.75, 3.05) is 12.0 Å². The van der Waals surface area contributed by atoms with Gasteiger partial charge in [0.05, 0.1) is 31.1 Å². The molecule has 2 heterocycles. The largest absolute Gasteiger partial charge is 0.465 e. The zero-order valence-electron chi connectivity index (χ0n) is 13.4. The van der Waals surface area contributed by atoms with Crippen LogP contribution in [0.5, 0.6) is 0 Å². The number of aromatic amines is 1. The van der Waals surface area contributed by atoms with Gasteiger partial charge in [-0.2, -0.15) is 0 Å². The highest BCUT2D eigenvalue weighted by atomic mass is 16.5. The molecule has 3 rings (SSSR count). The van der Waals surface area contributed by atoms with E-state index in [1.165, 1.54) is 7.11 Å². The van der Waals surface area contributed by atoms with Gasteiger partial charge in [-0.15, -0.1) is 0 Å². The van der Waals surface area contributed by atoms with Crippen LogP contribution in [0, 0.1) is 6.92 Å². The highest BCUT2D eigenvalue weighted by Gasteiger charge is 2.13. The van der Waals surface area contributed by atoms with E-state index in [1.54, 1.807) is 29.4 Å². The molecule has 0 aliphatic rings. The summed E-state index contributed by atoms with van der Waals surface area (Å²) in [6.07, 6.45) is 4.21. The van der Waals surface area contributed by atoms with Crippen LogP contribution in [0.3, 0.4) is 0 Å². The predicted molar refractivity (Wildman–Crippen MR) is 90.9 cm³/mol. The average molecular weight is 323 g/mol. The number of carbonyl (C=O) groups excluding carboxylic acids is 2. The quantitative estimate of drug-likeness (QED) is 0.579. The second-order valence-electron chi connectivity index (χ2n) is 5.48. The fourth-order valence-electron chi connectivity index (χ4n) is 2.54. The third kappa shape index (κ3) is 2.99. The number of amides is 1. The molecule has 1 amide bonds. The maximum absolute atomic E-state index is 11.7. The van der Waals surface area contributed by atoms with Gasteiger partial charge in [0.1, 0.15) is 5.65 Å². The SMILES string of the molecule is COC(=O)c1ccc(C)c(CN(C=O)c2cnc3[nH]ccc3c2)c1. The van der Waals surface area contributed by atoms with E-state index in [0.717, 1.165) is 28.6 Å². The molecule has 3 aromatic rings. The first-order valence-corrected chi connectivity index (χ1v) is 7.45. The Kier molecular flexibility index (Phi) is 4.29. The molecule has 1 aromatic carbocycles. The maximum atomic E-state index is 11.7. The number of methoxy groups -OCH3 is 1. The molecule has 0 saturated carbocycles. The van der Waals surface area contributed by atoms with E-state index in [2.05, 4.69) is 9.97 Å². The Hall–Kier alpha value is -3.15. The monoisotopic (exact) mass is 323 g/mol. The minimum atomic E-state index is -0.399. The lowest BCUT2D eigenvalue weighted by Crippen LogP contribution is -2.21. The lowest BCUT2D eigenvalue weighted by Gasteiger charge is -2.19. The molecular formula is C18H17N3O3. The molecule has 24 heavy (non-hydrogen) atoms. The van der Waals surface area contributed by atoms with Crippen molar-refractivity contribution in [3.8, 4) is 0 Å². The standard InChI is InChI=1S/C18H17N3O3/c1-12-3-4-14(18(23)24-2)7-15(12)10-21(11-22)16-8-13-5-6-19-17(13)20-9-16/h3-9,11H,10H2,1-2H3,(H,19,20). The van der Waals surface area contributed by atoms with E-state index in [4.69, 9.17) is 4.74 Å². The summed E-state index contributed by atoms with van der Waals surface area (Å²) in [7, 11) is 1.34. The number of nitrogens with one attached hydrogen (secondary N) is 1. The van der Waals surface area contributed by atoms with E-state index in [0.29, 0.717) is 17.8 Å². The maximum Gasteiger partial charge on any atom is 0.337 e. The number of anilines is 1. The summed E-state index contributed by atoms with van der Waals surface area (Å²) in [5.74, 6) is -0.399. The van der Waals surface area contributed by atoms with Crippen molar-refractivity contribution in [2.45, 2.75) is 13.5 Å².